The van der Waals surface area contributed by atoms with Gasteiger partial charge in [0.05, 0.1) is 6.20 Å². The molecule has 2 aromatic rings. The lowest BCUT2D eigenvalue weighted by atomic mass is 10.3. The highest BCUT2D eigenvalue weighted by molar-refractivity contribution is 5.16. The fourth-order valence-electron chi connectivity index (χ4n) is 2.62. The summed E-state index contributed by atoms with van der Waals surface area (Å²) in [7, 11) is 1.99. The predicted molar refractivity (Wildman–Crippen MR) is 76.6 cm³/mol. The van der Waals surface area contributed by atoms with E-state index in [1.165, 1.54) is 5.69 Å². The average Bonchev–Trinajstić information content (AvgIpc) is 3.07. The summed E-state index contributed by atoms with van der Waals surface area (Å²) in [6.45, 7) is 3.15. The zero-order valence-corrected chi connectivity index (χ0v) is 11.8. The maximum atomic E-state index is 5.94. The van der Waals surface area contributed by atoms with Gasteiger partial charge in [0, 0.05) is 51.2 Å². The molecule has 0 amide bonds. The van der Waals surface area contributed by atoms with Crippen LogP contribution < -0.4 is 4.74 Å². The molecule has 1 aliphatic heterocycles. The molecular weight excluding hydrogens is 252 g/mol. The van der Waals surface area contributed by atoms with Gasteiger partial charge < -0.3 is 4.74 Å². The molecule has 1 saturated heterocycles. The van der Waals surface area contributed by atoms with Gasteiger partial charge in [-0.1, -0.05) is 0 Å². The standard InChI is InChI=1S/C15H20N4O/c1-18-13(4-8-17-18)5-9-19-10-6-15(12-19)20-14-3-2-7-16-11-14/h2-4,7-8,11,15H,5-6,9-10,12H2,1H3/t15-/m0/s1. The Bertz CT molecular complexity index is 540. The maximum Gasteiger partial charge on any atom is 0.138 e. The van der Waals surface area contributed by atoms with Crippen LogP contribution in [0, 0.1) is 0 Å². The van der Waals surface area contributed by atoms with Crippen LogP contribution in [0.1, 0.15) is 12.1 Å². The van der Waals surface area contributed by atoms with E-state index >= 15 is 0 Å². The molecule has 0 saturated carbocycles. The van der Waals surface area contributed by atoms with Crippen LogP contribution in [0.5, 0.6) is 5.75 Å². The third-order valence-electron chi connectivity index (χ3n) is 3.77. The predicted octanol–water partition coefficient (Wildman–Crippen LogP) is 1.51. The lowest BCUT2D eigenvalue weighted by molar-refractivity contribution is 0.200. The van der Waals surface area contributed by atoms with Crippen molar-refractivity contribution in [1.82, 2.24) is 19.7 Å². The lowest BCUT2D eigenvalue weighted by Crippen LogP contribution is -2.27. The summed E-state index contributed by atoms with van der Waals surface area (Å²) in [5, 5.41) is 4.20. The van der Waals surface area contributed by atoms with Gasteiger partial charge in [0.15, 0.2) is 0 Å². The van der Waals surface area contributed by atoms with E-state index in [9.17, 15) is 0 Å². The Morgan fingerprint density at radius 3 is 3.05 bits per heavy atom. The molecule has 106 valence electrons. The topological polar surface area (TPSA) is 43.2 Å². The van der Waals surface area contributed by atoms with Crippen LogP contribution >= 0.6 is 0 Å². The molecular formula is C15H20N4O. The normalized spacial score (nSPS) is 19.4. The second-order valence-electron chi connectivity index (χ2n) is 5.21. The number of ether oxygens (including phenoxy) is 1. The number of aromatic nitrogens is 3. The Kier molecular flexibility index (Phi) is 3.97. The number of likely N-dealkylation sites (tertiary alicyclic amines) is 1. The average molecular weight is 272 g/mol. The van der Waals surface area contributed by atoms with E-state index in [0.29, 0.717) is 0 Å². The number of aryl methyl sites for hydroxylation is 1. The van der Waals surface area contributed by atoms with Crippen LogP contribution in [0.2, 0.25) is 0 Å². The molecule has 20 heavy (non-hydrogen) atoms. The number of pyridine rings is 1. The van der Waals surface area contributed by atoms with E-state index < -0.39 is 0 Å². The second-order valence-corrected chi connectivity index (χ2v) is 5.21. The van der Waals surface area contributed by atoms with Crippen LogP contribution in [0.15, 0.2) is 36.8 Å². The molecule has 0 spiro atoms. The summed E-state index contributed by atoms with van der Waals surface area (Å²) < 4.78 is 7.89. The van der Waals surface area contributed by atoms with E-state index in [0.717, 1.165) is 38.2 Å². The maximum absolute atomic E-state index is 5.94. The molecule has 0 aromatic carbocycles. The lowest BCUT2D eigenvalue weighted by Gasteiger charge is -2.16. The van der Waals surface area contributed by atoms with Crippen molar-refractivity contribution >= 4 is 0 Å². The highest BCUT2D eigenvalue weighted by Gasteiger charge is 2.23. The summed E-state index contributed by atoms with van der Waals surface area (Å²) in [5.74, 6) is 0.867. The van der Waals surface area contributed by atoms with Gasteiger partial charge in [-0.3, -0.25) is 14.6 Å². The first-order valence-electron chi connectivity index (χ1n) is 7.07. The van der Waals surface area contributed by atoms with Crippen molar-refractivity contribution in [3.63, 3.8) is 0 Å². The molecule has 3 heterocycles. The zero-order valence-electron chi connectivity index (χ0n) is 11.8. The van der Waals surface area contributed by atoms with Crippen molar-refractivity contribution < 1.29 is 4.74 Å². The Hall–Kier alpha value is -1.88. The van der Waals surface area contributed by atoms with Crippen molar-refractivity contribution in [1.29, 1.82) is 0 Å². The summed E-state index contributed by atoms with van der Waals surface area (Å²) in [4.78, 5) is 6.53. The highest BCUT2D eigenvalue weighted by Crippen LogP contribution is 2.17. The molecule has 1 aliphatic rings. The largest absolute Gasteiger partial charge is 0.487 e. The van der Waals surface area contributed by atoms with E-state index in [4.69, 9.17) is 4.74 Å². The van der Waals surface area contributed by atoms with Crippen LogP contribution in [0.3, 0.4) is 0 Å². The van der Waals surface area contributed by atoms with E-state index in [2.05, 4.69) is 21.0 Å². The van der Waals surface area contributed by atoms with Crippen molar-refractivity contribution in [2.75, 3.05) is 19.6 Å². The minimum atomic E-state index is 0.283. The van der Waals surface area contributed by atoms with Crippen LogP contribution in [0.25, 0.3) is 0 Å². The molecule has 2 aromatic heterocycles. The van der Waals surface area contributed by atoms with Crippen molar-refractivity contribution in [3.8, 4) is 5.75 Å². The second kappa shape index (κ2) is 6.05. The third kappa shape index (κ3) is 3.17. The van der Waals surface area contributed by atoms with Crippen LogP contribution in [-0.4, -0.2) is 45.4 Å². The fourth-order valence-corrected chi connectivity index (χ4v) is 2.62. The number of nitrogens with zero attached hydrogens (tertiary/aromatic N) is 4. The van der Waals surface area contributed by atoms with Crippen molar-refractivity contribution in [3.05, 3.63) is 42.5 Å². The van der Waals surface area contributed by atoms with Crippen LogP contribution in [0.4, 0.5) is 0 Å². The van der Waals surface area contributed by atoms with E-state index in [-0.39, 0.29) is 6.10 Å². The SMILES string of the molecule is Cn1nccc1CCN1CC[C@H](Oc2cccnc2)C1. The van der Waals surface area contributed by atoms with Gasteiger partial charge in [-0.25, -0.2) is 0 Å². The first-order chi connectivity index (χ1) is 9.81. The summed E-state index contributed by atoms with van der Waals surface area (Å²) in [6.07, 6.45) is 7.80. The van der Waals surface area contributed by atoms with Gasteiger partial charge in [0.2, 0.25) is 0 Å². The molecule has 1 fully saturated rings. The smallest absolute Gasteiger partial charge is 0.138 e. The minimum absolute atomic E-state index is 0.283. The monoisotopic (exact) mass is 272 g/mol. The Morgan fingerprint density at radius 1 is 1.35 bits per heavy atom. The van der Waals surface area contributed by atoms with E-state index in [1.54, 1.807) is 12.4 Å². The molecule has 0 N–H and O–H groups in total. The zero-order chi connectivity index (χ0) is 13.8. The van der Waals surface area contributed by atoms with Gasteiger partial charge in [0.1, 0.15) is 11.9 Å². The van der Waals surface area contributed by atoms with Crippen LogP contribution in [-0.2, 0) is 13.5 Å². The van der Waals surface area contributed by atoms with Gasteiger partial charge in [-0.2, -0.15) is 5.10 Å². The molecule has 5 heteroatoms. The molecule has 0 unspecified atom stereocenters. The Morgan fingerprint density at radius 2 is 2.30 bits per heavy atom. The molecule has 1 atom stereocenters. The Balaban J connectivity index is 1.46. The fraction of sp³-hybridized carbons (Fsp3) is 0.467. The summed E-state index contributed by atoms with van der Waals surface area (Å²) in [5.41, 5.74) is 1.28. The molecule has 3 rings (SSSR count). The quantitative estimate of drug-likeness (QED) is 0.827. The molecule has 5 nitrogen and oxygen atoms in total. The molecule has 0 bridgehead atoms. The van der Waals surface area contributed by atoms with Crippen molar-refractivity contribution in [2.45, 2.75) is 18.9 Å². The van der Waals surface area contributed by atoms with Gasteiger partial charge in [-0.15, -0.1) is 0 Å². The summed E-state index contributed by atoms with van der Waals surface area (Å²) >= 11 is 0. The highest BCUT2D eigenvalue weighted by atomic mass is 16.5. The van der Waals surface area contributed by atoms with E-state index in [1.807, 2.05) is 30.1 Å². The Labute approximate surface area is 119 Å². The first kappa shape index (κ1) is 13.1. The summed E-state index contributed by atoms with van der Waals surface area (Å²) in [6, 6.07) is 5.95. The molecule has 0 aliphatic carbocycles. The third-order valence-corrected chi connectivity index (χ3v) is 3.77. The minimum Gasteiger partial charge on any atom is -0.487 e. The first-order valence-corrected chi connectivity index (χ1v) is 7.07. The van der Waals surface area contributed by atoms with Gasteiger partial charge >= 0.3 is 0 Å². The van der Waals surface area contributed by atoms with Crippen molar-refractivity contribution in [2.24, 2.45) is 7.05 Å². The van der Waals surface area contributed by atoms with Gasteiger partial charge in [0.25, 0.3) is 0 Å². The number of hydrogen-bond donors (Lipinski definition) is 0. The molecule has 0 radical (unpaired) electrons. The number of hydrogen-bond acceptors (Lipinski definition) is 4. The van der Waals surface area contributed by atoms with Gasteiger partial charge in [-0.05, 0) is 24.6 Å². The number of rotatable bonds is 5.